The molecule has 0 amide bonds. The van der Waals surface area contributed by atoms with E-state index >= 15 is 0 Å². The summed E-state index contributed by atoms with van der Waals surface area (Å²) < 4.78 is 0. The van der Waals surface area contributed by atoms with Crippen molar-refractivity contribution < 1.29 is 9.90 Å². The molecule has 0 saturated heterocycles. The normalized spacial score (nSPS) is 56.9. The number of hydrogen-bond donors (Lipinski definition) is 1. The van der Waals surface area contributed by atoms with E-state index in [2.05, 4.69) is 19.8 Å². The number of ketones is 1. The number of fused-ring (bicyclic) bond motifs is 5. The lowest BCUT2D eigenvalue weighted by Gasteiger charge is -2.56. The summed E-state index contributed by atoms with van der Waals surface area (Å²) in [6.45, 7) is 4.60. The molecule has 0 spiro atoms. The van der Waals surface area contributed by atoms with Crippen molar-refractivity contribution in [2.75, 3.05) is 0 Å². The number of hydrogen-bond acceptors (Lipinski definition) is 2. The lowest BCUT2D eigenvalue weighted by molar-refractivity contribution is -0.135. The van der Waals surface area contributed by atoms with Gasteiger partial charge in [-0.2, -0.15) is 0 Å². The molecule has 2 nitrogen and oxygen atoms in total. The molecule has 120 valence electrons. The van der Waals surface area contributed by atoms with Crippen LogP contribution in [0.5, 0.6) is 0 Å². The SMILES string of the molecule is C#C[C@@]1(O)C[C@@H]2CC[C@@H]3[C@H](CC[C@]4(C)C(=O)CC[C@@H]34)[C@@]2(C)C1. The van der Waals surface area contributed by atoms with Gasteiger partial charge in [0.1, 0.15) is 11.4 Å². The number of carbonyl (C=O) groups excluding carboxylic acids is 1. The Bertz CT molecular complexity index is 561. The van der Waals surface area contributed by atoms with Gasteiger partial charge in [0.25, 0.3) is 0 Å². The average Bonchev–Trinajstić information content (AvgIpc) is 2.93. The van der Waals surface area contributed by atoms with E-state index in [1.165, 1.54) is 12.8 Å². The molecule has 0 aromatic rings. The standard InChI is InChI=1S/C20H28O2/c1-4-20(22)11-13-5-6-14-15-7-8-17(21)18(15,2)10-9-16(14)19(13,3)12-20/h1,13-16,22H,5-12H2,2-3H3/t13-,14-,15-,16-,18-,19-,20+/m0/s1. The lowest BCUT2D eigenvalue weighted by atomic mass is 9.48. The van der Waals surface area contributed by atoms with Gasteiger partial charge in [0.2, 0.25) is 0 Å². The highest BCUT2D eigenvalue weighted by Crippen LogP contribution is 2.67. The Morgan fingerprint density at radius 1 is 1.18 bits per heavy atom. The molecule has 0 aliphatic heterocycles. The van der Waals surface area contributed by atoms with Gasteiger partial charge >= 0.3 is 0 Å². The van der Waals surface area contributed by atoms with Crippen LogP contribution in [0.4, 0.5) is 0 Å². The van der Waals surface area contributed by atoms with E-state index < -0.39 is 5.60 Å². The van der Waals surface area contributed by atoms with Crippen LogP contribution in [-0.2, 0) is 4.79 Å². The first-order valence-corrected chi connectivity index (χ1v) is 9.06. The van der Waals surface area contributed by atoms with Crippen molar-refractivity contribution in [1.82, 2.24) is 0 Å². The predicted octanol–water partition coefficient (Wildman–Crippen LogP) is 3.57. The van der Waals surface area contributed by atoms with Crippen molar-refractivity contribution in [2.24, 2.45) is 34.5 Å². The summed E-state index contributed by atoms with van der Waals surface area (Å²) in [5.74, 6) is 5.66. The zero-order chi connectivity index (χ0) is 15.8. The first-order chi connectivity index (χ1) is 10.3. The molecule has 22 heavy (non-hydrogen) atoms. The highest BCUT2D eigenvalue weighted by atomic mass is 16.3. The molecule has 0 bridgehead atoms. The highest BCUT2D eigenvalue weighted by Gasteiger charge is 2.63. The summed E-state index contributed by atoms with van der Waals surface area (Å²) in [5, 5.41) is 10.7. The second-order valence-corrected chi connectivity index (χ2v) is 9.13. The number of aliphatic hydroxyl groups is 1. The van der Waals surface area contributed by atoms with Crippen molar-refractivity contribution in [2.45, 2.75) is 70.8 Å². The number of terminal acetylenes is 1. The fraction of sp³-hybridized carbons (Fsp3) is 0.850. The highest BCUT2D eigenvalue weighted by molar-refractivity contribution is 5.87. The van der Waals surface area contributed by atoms with E-state index in [1.54, 1.807) is 0 Å². The second kappa shape index (κ2) is 4.38. The molecule has 0 unspecified atom stereocenters. The van der Waals surface area contributed by atoms with Gasteiger partial charge in [-0.15, -0.1) is 6.42 Å². The molecule has 4 rings (SSSR count). The van der Waals surface area contributed by atoms with E-state index in [4.69, 9.17) is 6.42 Å². The first kappa shape index (κ1) is 14.8. The molecule has 1 N–H and O–H groups in total. The van der Waals surface area contributed by atoms with Gasteiger partial charge in [0.05, 0.1) is 0 Å². The predicted molar refractivity (Wildman–Crippen MR) is 85.9 cm³/mol. The van der Waals surface area contributed by atoms with Crippen molar-refractivity contribution in [3.63, 3.8) is 0 Å². The Kier molecular flexibility index (Phi) is 2.94. The van der Waals surface area contributed by atoms with Crippen molar-refractivity contribution in [1.29, 1.82) is 0 Å². The van der Waals surface area contributed by atoms with E-state index in [1.807, 2.05) is 0 Å². The van der Waals surface area contributed by atoms with E-state index in [0.29, 0.717) is 29.5 Å². The molecular weight excluding hydrogens is 272 g/mol. The quantitative estimate of drug-likeness (QED) is 0.694. The van der Waals surface area contributed by atoms with Crippen LogP contribution in [0.3, 0.4) is 0 Å². The maximum atomic E-state index is 12.4. The van der Waals surface area contributed by atoms with Crippen LogP contribution in [0.2, 0.25) is 0 Å². The fourth-order valence-corrected chi connectivity index (χ4v) is 7.14. The van der Waals surface area contributed by atoms with Gasteiger partial charge in [0.15, 0.2) is 0 Å². The van der Waals surface area contributed by atoms with Crippen molar-refractivity contribution in [3.05, 3.63) is 0 Å². The summed E-state index contributed by atoms with van der Waals surface area (Å²) in [4.78, 5) is 12.4. The molecule has 7 atom stereocenters. The third-order valence-corrected chi connectivity index (χ3v) is 8.30. The Morgan fingerprint density at radius 2 is 1.95 bits per heavy atom. The zero-order valence-corrected chi connectivity index (χ0v) is 13.9. The molecule has 4 saturated carbocycles. The van der Waals surface area contributed by atoms with Gasteiger partial charge < -0.3 is 5.11 Å². The number of carbonyl (C=O) groups is 1. The van der Waals surface area contributed by atoms with Crippen molar-refractivity contribution >= 4 is 5.78 Å². The smallest absolute Gasteiger partial charge is 0.139 e. The maximum Gasteiger partial charge on any atom is 0.139 e. The molecule has 0 heterocycles. The summed E-state index contributed by atoms with van der Waals surface area (Å²) in [6, 6.07) is 0. The molecule has 0 radical (unpaired) electrons. The minimum atomic E-state index is -0.888. The number of Topliss-reactive ketones (excluding diaryl/α,β-unsaturated/α-hetero) is 1. The molecule has 4 aliphatic carbocycles. The Morgan fingerprint density at radius 3 is 2.68 bits per heavy atom. The minimum absolute atomic E-state index is 0.0502. The van der Waals surface area contributed by atoms with Gasteiger partial charge in [-0.05, 0) is 74.0 Å². The van der Waals surface area contributed by atoms with Crippen LogP contribution >= 0.6 is 0 Å². The Labute approximate surface area is 134 Å². The minimum Gasteiger partial charge on any atom is -0.378 e. The lowest BCUT2D eigenvalue weighted by Crippen LogP contribution is -2.50. The van der Waals surface area contributed by atoms with Crippen LogP contribution in [-0.4, -0.2) is 16.5 Å². The third-order valence-electron chi connectivity index (χ3n) is 8.30. The number of rotatable bonds is 0. The van der Waals surface area contributed by atoms with Crippen molar-refractivity contribution in [3.8, 4) is 12.3 Å². The molecule has 2 heteroatoms. The third kappa shape index (κ3) is 1.70. The molecule has 4 aliphatic rings. The van der Waals surface area contributed by atoms with Crippen LogP contribution in [0.25, 0.3) is 0 Å². The van der Waals surface area contributed by atoms with Gasteiger partial charge in [-0.3, -0.25) is 4.79 Å². The maximum absolute atomic E-state index is 12.4. The fourth-order valence-electron chi connectivity index (χ4n) is 7.14. The van der Waals surface area contributed by atoms with Crippen LogP contribution in [0.1, 0.15) is 65.2 Å². The topological polar surface area (TPSA) is 37.3 Å². The van der Waals surface area contributed by atoms with Gasteiger partial charge in [-0.1, -0.05) is 19.8 Å². The van der Waals surface area contributed by atoms with Gasteiger partial charge in [0, 0.05) is 11.8 Å². The monoisotopic (exact) mass is 300 g/mol. The Hall–Kier alpha value is -0.810. The average molecular weight is 300 g/mol. The van der Waals surface area contributed by atoms with Gasteiger partial charge in [-0.25, -0.2) is 0 Å². The zero-order valence-electron chi connectivity index (χ0n) is 13.9. The molecular formula is C20H28O2. The van der Waals surface area contributed by atoms with E-state index in [9.17, 15) is 9.90 Å². The van der Waals surface area contributed by atoms with Crippen LogP contribution in [0.15, 0.2) is 0 Å². The molecule has 0 aromatic carbocycles. The molecule has 4 fully saturated rings. The van der Waals surface area contributed by atoms with Crippen LogP contribution in [0, 0.1) is 46.8 Å². The second-order valence-electron chi connectivity index (χ2n) is 9.13. The van der Waals surface area contributed by atoms with E-state index in [-0.39, 0.29) is 10.8 Å². The van der Waals surface area contributed by atoms with E-state index in [0.717, 1.165) is 38.5 Å². The summed E-state index contributed by atoms with van der Waals surface area (Å²) in [5.41, 5.74) is -0.761. The summed E-state index contributed by atoms with van der Waals surface area (Å²) in [6.07, 6.45) is 13.7. The largest absolute Gasteiger partial charge is 0.378 e. The Balaban J connectivity index is 1.67. The molecule has 0 aromatic heterocycles. The summed E-state index contributed by atoms with van der Waals surface area (Å²) >= 11 is 0. The van der Waals surface area contributed by atoms with Crippen LogP contribution < -0.4 is 0 Å². The first-order valence-electron chi connectivity index (χ1n) is 9.06. The summed E-state index contributed by atoms with van der Waals surface area (Å²) in [7, 11) is 0.